The van der Waals surface area contributed by atoms with E-state index in [2.05, 4.69) is 50.2 Å². The summed E-state index contributed by atoms with van der Waals surface area (Å²) < 4.78 is 6.43. The molecule has 1 saturated heterocycles. The van der Waals surface area contributed by atoms with Gasteiger partial charge < -0.3 is 14.5 Å². The Labute approximate surface area is 199 Å². The van der Waals surface area contributed by atoms with Gasteiger partial charge in [-0.1, -0.05) is 0 Å². The zero-order valence-corrected chi connectivity index (χ0v) is 20.2. The molecule has 0 spiro atoms. The fourth-order valence-corrected chi connectivity index (χ4v) is 5.56. The summed E-state index contributed by atoms with van der Waals surface area (Å²) in [4.78, 5) is 10.2. The Morgan fingerprint density at radius 1 is 1.00 bits per heavy atom. The van der Waals surface area contributed by atoms with E-state index in [4.69, 9.17) is 9.72 Å². The molecule has 178 valence electrons. The number of H-pyrrole nitrogens is 2. The van der Waals surface area contributed by atoms with Crippen LogP contribution in [0, 0.1) is 6.92 Å². The summed E-state index contributed by atoms with van der Waals surface area (Å²) >= 11 is 0. The molecule has 0 bridgehead atoms. The fourth-order valence-electron chi connectivity index (χ4n) is 5.56. The predicted molar refractivity (Wildman–Crippen MR) is 134 cm³/mol. The number of aromatic amines is 2. The van der Waals surface area contributed by atoms with Gasteiger partial charge >= 0.3 is 0 Å². The van der Waals surface area contributed by atoms with Gasteiger partial charge in [-0.2, -0.15) is 10.2 Å². The van der Waals surface area contributed by atoms with Gasteiger partial charge in [-0.15, -0.1) is 0 Å². The number of piperazine rings is 1. The highest BCUT2D eigenvalue weighted by molar-refractivity contribution is 6.10. The molecular weight excluding hydrogens is 426 g/mol. The number of likely N-dealkylation sites (N-methyl/N-ethyl adjacent to an activating group) is 1. The summed E-state index contributed by atoms with van der Waals surface area (Å²) in [5, 5.41) is 17.3. The molecule has 1 fully saturated rings. The monoisotopic (exact) mass is 459 g/mol. The van der Waals surface area contributed by atoms with Gasteiger partial charge in [0.1, 0.15) is 11.3 Å². The van der Waals surface area contributed by atoms with Crippen molar-refractivity contribution in [2.75, 3.05) is 46.4 Å². The Morgan fingerprint density at radius 2 is 1.79 bits per heavy atom. The number of rotatable bonds is 6. The van der Waals surface area contributed by atoms with E-state index in [1.807, 2.05) is 12.4 Å². The number of fused-ring (bicyclic) bond motifs is 5. The number of nitrogens with one attached hydrogen (secondary N) is 2. The van der Waals surface area contributed by atoms with E-state index in [0.717, 1.165) is 91.1 Å². The van der Waals surface area contributed by atoms with Crippen molar-refractivity contribution in [1.82, 2.24) is 35.2 Å². The lowest BCUT2D eigenvalue weighted by atomic mass is 9.85. The van der Waals surface area contributed by atoms with Crippen molar-refractivity contribution in [2.24, 2.45) is 0 Å². The lowest BCUT2D eigenvalue weighted by molar-refractivity contribution is 0.145. The normalized spacial score (nSPS) is 17.5. The molecule has 1 aliphatic carbocycles. The number of benzene rings is 1. The third kappa shape index (κ3) is 3.84. The molecule has 3 aromatic heterocycles. The van der Waals surface area contributed by atoms with Crippen molar-refractivity contribution in [1.29, 1.82) is 0 Å². The topological polar surface area (TPSA) is 86.0 Å². The zero-order chi connectivity index (χ0) is 23.1. The van der Waals surface area contributed by atoms with Crippen LogP contribution in [0.2, 0.25) is 0 Å². The third-order valence-electron chi connectivity index (χ3n) is 7.52. The largest absolute Gasteiger partial charge is 0.491 e. The van der Waals surface area contributed by atoms with Crippen LogP contribution in [-0.2, 0) is 12.8 Å². The molecule has 2 aliphatic rings. The molecule has 8 nitrogen and oxygen atoms in total. The van der Waals surface area contributed by atoms with Gasteiger partial charge in [0.05, 0.1) is 30.2 Å². The van der Waals surface area contributed by atoms with Crippen LogP contribution in [0.3, 0.4) is 0 Å². The maximum atomic E-state index is 6.43. The van der Waals surface area contributed by atoms with Gasteiger partial charge in [-0.05, 0) is 57.2 Å². The van der Waals surface area contributed by atoms with Gasteiger partial charge in [0, 0.05) is 60.8 Å². The van der Waals surface area contributed by atoms with Gasteiger partial charge in [0.2, 0.25) is 0 Å². The molecule has 8 heteroatoms. The standard InChI is InChI=1S/C26H33N7O/c1-17-20(15-27-30-17)25-19-7-4-3-6-18(19)24-21-16-28-31-22(21)14-23(26(24)29-25)34-13-5-8-33-11-9-32(2)10-12-33/h14-16H,3-13H2,1-2H3,(H,27,30)(H,28,31). The van der Waals surface area contributed by atoms with Crippen LogP contribution in [0.5, 0.6) is 5.75 Å². The smallest absolute Gasteiger partial charge is 0.147 e. The number of aryl methyl sites for hydroxylation is 2. The first-order chi connectivity index (χ1) is 16.7. The summed E-state index contributed by atoms with van der Waals surface area (Å²) in [5.74, 6) is 0.848. The number of pyridine rings is 1. The highest BCUT2D eigenvalue weighted by Crippen LogP contribution is 2.41. The molecule has 34 heavy (non-hydrogen) atoms. The van der Waals surface area contributed by atoms with Crippen LogP contribution >= 0.6 is 0 Å². The number of ether oxygens (including phenoxy) is 1. The Bertz CT molecular complexity index is 1320. The highest BCUT2D eigenvalue weighted by Gasteiger charge is 2.24. The second-order valence-electron chi connectivity index (χ2n) is 9.81. The SMILES string of the molecule is Cc1[nH]ncc1-c1nc2c(OCCCN3CCN(C)CC3)cc3[nH]ncc3c2c2c1CCCC2. The molecule has 0 radical (unpaired) electrons. The number of hydrogen-bond donors (Lipinski definition) is 2. The van der Waals surface area contributed by atoms with Crippen molar-refractivity contribution in [3.63, 3.8) is 0 Å². The molecule has 2 N–H and O–H groups in total. The van der Waals surface area contributed by atoms with Crippen molar-refractivity contribution < 1.29 is 4.74 Å². The second-order valence-corrected chi connectivity index (χ2v) is 9.81. The summed E-state index contributed by atoms with van der Waals surface area (Å²) in [6.45, 7) is 8.39. The number of aromatic nitrogens is 5. The fraction of sp³-hybridized carbons (Fsp3) is 0.500. The maximum absolute atomic E-state index is 6.43. The molecule has 0 atom stereocenters. The Morgan fingerprint density at radius 3 is 2.59 bits per heavy atom. The molecule has 0 unspecified atom stereocenters. The van der Waals surface area contributed by atoms with Crippen molar-refractivity contribution in [2.45, 2.75) is 39.0 Å². The molecular formula is C26H33N7O. The van der Waals surface area contributed by atoms with E-state index in [0.29, 0.717) is 6.61 Å². The summed E-state index contributed by atoms with van der Waals surface area (Å²) in [6.07, 6.45) is 9.36. The molecule has 0 amide bonds. The van der Waals surface area contributed by atoms with Gasteiger partial charge in [0.15, 0.2) is 0 Å². The zero-order valence-electron chi connectivity index (χ0n) is 20.2. The van der Waals surface area contributed by atoms with Gasteiger partial charge in [-0.25, -0.2) is 4.98 Å². The van der Waals surface area contributed by atoms with Gasteiger partial charge in [0.25, 0.3) is 0 Å². The van der Waals surface area contributed by atoms with E-state index in [9.17, 15) is 0 Å². The van der Waals surface area contributed by atoms with Gasteiger partial charge in [-0.3, -0.25) is 10.2 Å². The molecule has 0 saturated carbocycles. The highest BCUT2D eigenvalue weighted by atomic mass is 16.5. The maximum Gasteiger partial charge on any atom is 0.147 e. The van der Waals surface area contributed by atoms with E-state index in [1.165, 1.54) is 29.4 Å². The number of hydrogen-bond acceptors (Lipinski definition) is 6. The van der Waals surface area contributed by atoms with Crippen LogP contribution in [0.15, 0.2) is 18.5 Å². The summed E-state index contributed by atoms with van der Waals surface area (Å²) in [6, 6.07) is 2.08. The summed E-state index contributed by atoms with van der Waals surface area (Å²) in [7, 11) is 2.20. The number of nitrogens with zero attached hydrogens (tertiary/aromatic N) is 5. The van der Waals surface area contributed by atoms with Crippen molar-refractivity contribution in [3.8, 4) is 17.0 Å². The van der Waals surface area contributed by atoms with Crippen molar-refractivity contribution in [3.05, 3.63) is 35.3 Å². The average molecular weight is 460 g/mol. The minimum atomic E-state index is 0.680. The average Bonchev–Trinajstić information content (AvgIpc) is 3.50. The summed E-state index contributed by atoms with van der Waals surface area (Å²) in [5.41, 5.74) is 7.93. The Balaban J connectivity index is 1.37. The minimum Gasteiger partial charge on any atom is -0.491 e. The van der Waals surface area contributed by atoms with Crippen LogP contribution < -0.4 is 4.74 Å². The second kappa shape index (κ2) is 9.00. The van der Waals surface area contributed by atoms with Crippen LogP contribution in [0.4, 0.5) is 0 Å². The molecule has 6 rings (SSSR count). The van der Waals surface area contributed by atoms with E-state index >= 15 is 0 Å². The van der Waals surface area contributed by atoms with Crippen molar-refractivity contribution >= 4 is 21.8 Å². The lowest BCUT2D eigenvalue weighted by Crippen LogP contribution is -2.44. The lowest BCUT2D eigenvalue weighted by Gasteiger charge is -2.32. The quantitative estimate of drug-likeness (QED) is 0.428. The first-order valence-corrected chi connectivity index (χ1v) is 12.5. The molecule has 4 aromatic rings. The third-order valence-corrected chi connectivity index (χ3v) is 7.52. The molecule has 1 aromatic carbocycles. The van der Waals surface area contributed by atoms with E-state index in [-0.39, 0.29) is 0 Å². The Kier molecular flexibility index (Phi) is 5.71. The first-order valence-electron chi connectivity index (χ1n) is 12.5. The molecule has 1 aliphatic heterocycles. The van der Waals surface area contributed by atoms with Crippen LogP contribution in [-0.4, -0.2) is 81.6 Å². The Hall–Kier alpha value is -2.97. The van der Waals surface area contributed by atoms with Crippen LogP contribution in [0.25, 0.3) is 33.1 Å². The van der Waals surface area contributed by atoms with E-state index < -0.39 is 0 Å². The van der Waals surface area contributed by atoms with Crippen LogP contribution in [0.1, 0.15) is 36.1 Å². The van der Waals surface area contributed by atoms with E-state index in [1.54, 1.807) is 0 Å². The predicted octanol–water partition coefficient (Wildman–Crippen LogP) is 3.70. The molecule has 4 heterocycles. The first kappa shape index (κ1) is 21.6. The minimum absolute atomic E-state index is 0.680.